The maximum absolute atomic E-state index is 11.4. The van der Waals surface area contributed by atoms with Crippen LogP contribution in [-0.4, -0.2) is 38.1 Å². The van der Waals surface area contributed by atoms with Crippen LogP contribution in [0.3, 0.4) is 0 Å². The lowest BCUT2D eigenvalue weighted by atomic mass is 10.1. The van der Waals surface area contributed by atoms with Crippen molar-refractivity contribution in [1.82, 2.24) is 4.31 Å². The van der Waals surface area contributed by atoms with Gasteiger partial charge in [0.1, 0.15) is 0 Å². The van der Waals surface area contributed by atoms with Gasteiger partial charge in [-0.15, -0.1) is 0 Å². The van der Waals surface area contributed by atoms with Gasteiger partial charge in [-0.25, -0.2) is 12.7 Å². The Morgan fingerprint density at radius 2 is 2.00 bits per heavy atom. The maximum Gasteiger partial charge on any atom is 0.211 e. The molecule has 0 atom stereocenters. The molecule has 7 heteroatoms. The molecule has 0 amide bonds. The largest absolute Gasteiger partial charge is 0.397 e. The first-order valence-corrected chi connectivity index (χ1v) is 8.35. The van der Waals surface area contributed by atoms with Crippen LogP contribution in [0.15, 0.2) is 18.2 Å². The van der Waals surface area contributed by atoms with Crippen LogP contribution in [-0.2, 0) is 10.0 Å². The highest BCUT2D eigenvalue weighted by Gasteiger charge is 2.24. The minimum Gasteiger partial charge on any atom is -0.397 e. The quantitative estimate of drug-likeness (QED) is 0.834. The summed E-state index contributed by atoms with van der Waals surface area (Å²) in [6, 6.07) is 5.52. The van der Waals surface area contributed by atoms with E-state index in [9.17, 15) is 8.42 Å². The van der Waals surface area contributed by atoms with E-state index in [-0.39, 0.29) is 6.04 Å². The second-order valence-electron chi connectivity index (χ2n) is 4.81. The number of benzene rings is 1. The van der Waals surface area contributed by atoms with Gasteiger partial charge in [0, 0.05) is 24.2 Å². The van der Waals surface area contributed by atoms with E-state index in [0.717, 1.165) is 18.5 Å². The zero-order valence-electron chi connectivity index (χ0n) is 10.8. The molecule has 106 valence electrons. The van der Waals surface area contributed by atoms with Crippen LogP contribution in [0.2, 0.25) is 5.02 Å². The third kappa shape index (κ3) is 3.75. The molecule has 1 aromatic rings. The Morgan fingerprint density at radius 3 is 2.58 bits per heavy atom. The zero-order valence-corrected chi connectivity index (χ0v) is 12.3. The summed E-state index contributed by atoms with van der Waals surface area (Å²) in [5.74, 6) is 0. The van der Waals surface area contributed by atoms with Gasteiger partial charge in [0.2, 0.25) is 10.0 Å². The average Bonchev–Trinajstić information content (AvgIpc) is 2.33. The predicted octanol–water partition coefficient (Wildman–Crippen LogP) is 1.76. The Labute approximate surface area is 118 Å². The topological polar surface area (TPSA) is 75.4 Å². The van der Waals surface area contributed by atoms with Gasteiger partial charge in [0.05, 0.1) is 17.6 Å². The minimum absolute atomic E-state index is 0.221. The van der Waals surface area contributed by atoms with Crippen molar-refractivity contribution in [2.24, 2.45) is 0 Å². The standard InChI is InChI=1S/C12H18ClN3O2S/c1-19(17,18)16-6-4-10(5-7-16)15-12-8-9(13)2-3-11(12)14/h2-3,8,10,15H,4-7,14H2,1H3. The van der Waals surface area contributed by atoms with Crippen LogP contribution in [0, 0.1) is 0 Å². The molecule has 0 unspecified atom stereocenters. The number of nitrogens with one attached hydrogen (secondary N) is 1. The van der Waals surface area contributed by atoms with E-state index in [1.165, 1.54) is 10.6 Å². The molecular weight excluding hydrogens is 286 g/mol. The van der Waals surface area contributed by atoms with Gasteiger partial charge >= 0.3 is 0 Å². The fourth-order valence-corrected chi connectivity index (χ4v) is 3.25. The van der Waals surface area contributed by atoms with Gasteiger partial charge in [-0.1, -0.05) is 11.6 Å². The van der Waals surface area contributed by atoms with Crippen LogP contribution in [0.1, 0.15) is 12.8 Å². The lowest BCUT2D eigenvalue weighted by molar-refractivity contribution is 0.332. The second kappa shape index (κ2) is 5.56. The molecule has 1 aliphatic heterocycles. The Kier molecular flexibility index (Phi) is 4.23. The van der Waals surface area contributed by atoms with Crippen molar-refractivity contribution in [2.75, 3.05) is 30.4 Å². The third-order valence-electron chi connectivity index (χ3n) is 3.30. The number of halogens is 1. The molecule has 19 heavy (non-hydrogen) atoms. The van der Waals surface area contributed by atoms with Crippen molar-refractivity contribution in [1.29, 1.82) is 0 Å². The van der Waals surface area contributed by atoms with E-state index in [2.05, 4.69) is 5.32 Å². The molecule has 0 saturated carbocycles. The van der Waals surface area contributed by atoms with E-state index < -0.39 is 10.0 Å². The number of nitrogen functional groups attached to an aromatic ring is 1. The van der Waals surface area contributed by atoms with Gasteiger partial charge in [0.25, 0.3) is 0 Å². The molecule has 3 N–H and O–H groups in total. The monoisotopic (exact) mass is 303 g/mol. The van der Waals surface area contributed by atoms with Gasteiger partial charge < -0.3 is 11.1 Å². The molecule has 0 spiro atoms. The van der Waals surface area contributed by atoms with Gasteiger partial charge in [-0.05, 0) is 31.0 Å². The fourth-order valence-electron chi connectivity index (χ4n) is 2.21. The minimum atomic E-state index is -3.08. The highest BCUT2D eigenvalue weighted by molar-refractivity contribution is 7.88. The Bertz CT molecular complexity index is 554. The lowest BCUT2D eigenvalue weighted by Gasteiger charge is -2.31. The van der Waals surface area contributed by atoms with Crippen molar-refractivity contribution in [3.63, 3.8) is 0 Å². The SMILES string of the molecule is CS(=O)(=O)N1CCC(Nc2cc(Cl)ccc2N)CC1. The number of nitrogens with two attached hydrogens (primary N) is 1. The molecule has 0 bridgehead atoms. The van der Waals surface area contributed by atoms with Crippen molar-refractivity contribution < 1.29 is 8.42 Å². The lowest BCUT2D eigenvalue weighted by Crippen LogP contribution is -2.41. The Morgan fingerprint density at radius 1 is 1.37 bits per heavy atom. The molecule has 0 aromatic heterocycles. The molecule has 1 fully saturated rings. The summed E-state index contributed by atoms with van der Waals surface area (Å²) in [4.78, 5) is 0. The van der Waals surface area contributed by atoms with Crippen LogP contribution in [0.5, 0.6) is 0 Å². The smallest absolute Gasteiger partial charge is 0.211 e. The molecule has 5 nitrogen and oxygen atoms in total. The average molecular weight is 304 g/mol. The second-order valence-corrected chi connectivity index (χ2v) is 7.23. The third-order valence-corrected chi connectivity index (χ3v) is 4.84. The first-order chi connectivity index (χ1) is 8.86. The highest BCUT2D eigenvalue weighted by atomic mass is 35.5. The van der Waals surface area contributed by atoms with Crippen LogP contribution in [0.25, 0.3) is 0 Å². The Balaban J connectivity index is 1.98. The van der Waals surface area contributed by atoms with Gasteiger partial charge in [-0.2, -0.15) is 0 Å². The molecule has 1 aliphatic rings. The molecule has 1 aromatic carbocycles. The summed E-state index contributed by atoms with van der Waals surface area (Å²) in [5.41, 5.74) is 7.33. The summed E-state index contributed by atoms with van der Waals surface area (Å²) in [6.07, 6.45) is 2.77. The number of anilines is 2. The maximum atomic E-state index is 11.4. The fraction of sp³-hybridized carbons (Fsp3) is 0.500. The number of hydrogen-bond donors (Lipinski definition) is 2. The number of nitrogens with zero attached hydrogens (tertiary/aromatic N) is 1. The number of rotatable bonds is 3. The molecule has 0 aliphatic carbocycles. The first kappa shape index (κ1) is 14.4. The van der Waals surface area contributed by atoms with E-state index >= 15 is 0 Å². The Hall–Kier alpha value is -0.980. The number of piperidine rings is 1. The summed E-state index contributed by atoms with van der Waals surface area (Å²) >= 11 is 5.93. The van der Waals surface area contributed by atoms with E-state index in [1.807, 2.05) is 0 Å². The van der Waals surface area contributed by atoms with Crippen LogP contribution < -0.4 is 11.1 Å². The molecule has 1 saturated heterocycles. The van der Waals surface area contributed by atoms with Gasteiger partial charge in [0.15, 0.2) is 0 Å². The van der Waals surface area contributed by atoms with Crippen LogP contribution in [0.4, 0.5) is 11.4 Å². The number of hydrogen-bond acceptors (Lipinski definition) is 4. The molecule has 1 heterocycles. The van der Waals surface area contributed by atoms with E-state index in [4.69, 9.17) is 17.3 Å². The normalized spacial score (nSPS) is 18.4. The van der Waals surface area contributed by atoms with Gasteiger partial charge in [-0.3, -0.25) is 0 Å². The van der Waals surface area contributed by atoms with Crippen LogP contribution >= 0.6 is 11.6 Å². The van der Waals surface area contributed by atoms with E-state index in [1.54, 1.807) is 18.2 Å². The predicted molar refractivity (Wildman–Crippen MR) is 78.9 cm³/mol. The summed E-state index contributed by atoms with van der Waals surface area (Å²) in [7, 11) is -3.08. The van der Waals surface area contributed by atoms with E-state index in [0.29, 0.717) is 23.8 Å². The number of sulfonamides is 1. The zero-order chi connectivity index (χ0) is 14.0. The first-order valence-electron chi connectivity index (χ1n) is 6.13. The molecular formula is C12H18ClN3O2S. The molecule has 2 rings (SSSR count). The summed E-state index contributed by atoms with van der Waals surface area (Å²) in [5, 5.41) is 3.96. The molecule has 0 radical (unpaired) electrons. The van der Waals surface area contributed by atoms with Crippen molar-refractivity contribution in [3.8, 4) is 0 Å². The van der Waals surface area contributed by atoms with Crippen molar-refractivity contribution >= 4 is 33.0 Å². The highest BCUT2D eigenvalue weighted by Crippen LogP contribution is 2.26. The van der Waals surface area contributed by atoms with Crippen molar-refractivity contribution in [2.45, 2.75) is 18.9 Å². The summed E-state index contributed by atoms with van der Waals surface area (Å²) in [6.45, 7) is 1.08. The van der Waals surface area contributed by atoms with Crippen molar-refractivity contribution in [3.05, 3.63) is 23.2 Å². The summed E-state index contributed by atoms with van der Waals surface area (Å²) < 4.78 is 24.3.